The summed E-state index contributed by atoms with van der Waals surface area (Å²) in [5, 5.41) is 4.05. The van der Waals surface area contributed by atoms with Crippen molar-refractivity contribution in [3.05, 3.63) is 36.0 Å². The van der Waals surface area contributed by atoms with Crippen LogP contribution >= 0.6 is 0 Å². The molecular weight excluding hydrogens is 302 g/mol. The summed E-state index contributed by atoms with van der Waals surface area (Å²) in [6, 6.07) is 8.10. The van der Waals surface area contributed by atoms with Crippen molar-refractivity contribution < 1.29 is 9.59 Å². The van der Waals surface area contributed by atoms with Crippen molar-refractivity contribution in [2.24, 2.45) is 5.92 Å². The zero-order valence-corrected chi connectivity index (χ0v) is 14.8. The van der Waals surface area contributed by atoms with E-state index in [1.807, 2.05) is 24.4 Å². The predicted molar refractivity (Wildman–Crippen MR) is 96.7 cm³/mol. The summed E-state index contributed by atoms with van der Waals surface area (Å²) in [6.45, 7) is 7.07. The van der Waals surface area contributed by atoms with Gasteiger partial charge in [0.15, 0.2) is 0 Å². The van der Waals surface area contributed by atoms with Gasteiger partial charge >= 0.3 is 0 Å². The van der Waals surface area contributed by atoms with Crippen molar-refractivity contribution >= 4 is 22.7 Å². The molecule has 0 spiro atoms. The van der Waals surface area contributed by atoms with Crippen LogP contribution in [0.25, 0.3) is 10.9 Å². The number of hydrogen-bond acceptors (Lipinski definition) is 2. The molecule has 1 heterocycles. The minimum atomic E-state index is -0.0928. The van der Waals surface area contributed by atoms with Gasteiger partial charge in [0.05, 0.1) is 6.54 Å². The Labute approximate surface area is 143 Å². The topological polar surface area (TPSA) is 65.2 Å². The highest BCUT2D eigenvalue weighted by Gasteiger charge is 2.14. The lowest BCUT2D eigenvalue weighted by molar-refractivity contribution is -0.134. The van der Waals surface area contributed by atoms with Crippen molar-refractivity contribution in [2.45, 2.75) is 33.6 Å². The molecule has 5 heteroatoms. The van der Waals surface area contributed by atoms with Gasteiger partial charge in [0.25, 0.3) is 0 Å². The predicted octanol–water partition coefficient (Wildman–Crippen LogP) is 2.72. The van der Waals surface area contributed by atoms with Crippen LogP contribution in [0, 0.1) is 5.92 Å². The molecule has 2 aromatic rings. The summed E-state index contributed by atoms with van der Waals surface area (Å²) in [6.07, 6.45) is 3.65. The Balaban J connectivity index is 1.89. The summed E-state index contributed by atoms with van der Waals surface area (Å²) in [4.78, 5) is 28.7. The van der Waals surface area contributed by atoms with Gasteiger partial charge in [-0.1, -0.05) is 32.0 Å². The zero-order valence-electron chi connectivity index (χ0n) is 14.8. The molecule has 130 valence electrons. The molecule has 0 saturated heterocycles. The van der Waals surface area contributed by atoms with E-state index in [-0.39, 0.29) is 18.4 Å². The maximum atomic E-state index is 12.0. The van der Waals surface area contributed by atoms with Crippen molar-refractivity contribution in [1.29, 1.82) is 0 Å². The van der Waals surface area contributed by atoms with Crippen LogP contribution in [0.5, 0.6) is 0 Å². The Morgan fingerprint density at radius 3 is 2.71 bits per heavy atom. The second-order valence-corrected chi connectivity index (χ2v) is 6.58. The second-order valence-electron chi connectivity index (χ2n) is 6.58. The smallest absolute Gasteiger partial charge is 0.239 e. The molecule has 0 bridgehead atoms. The van der Waals surface area contributed by atoms with Gasteiger partial charge in [-0.05, 0) is 30.4 Å². The van der Waals surface area contributed by atoms with Crippen LogP contribution in [-0.2, 0) is 16.0 Å². The first-order valence-electron chi connectivity index (χ1n) is 8.54. The number of carbonyl (C=O) groups is 2. The highest BCUT2D eigenvalue weighted by Crippen LogP contribution is 2.18. The molecule has 0 aliphatic carbocycles. The fourth-order valence-corrected chi connectivity index (χ4v) is 2.67. The van der Waals surface area contributed by atoms with Crippen molar-refractivity contribution in [3.63, 3.8) is 0 Å². The van der Waals surface area contributed by atoms with Gasteiger partial charge in [-0.25, -0.2) is 0 Å². The number of fused-ring (bicyclic) bond motifs is 1. The largest absolute Gasteiger partial charge is 0.361 e. The van der Waals surface area contributed by atoms with Crippen molar-refractivity contribution in [1.82, 2.24) is 15.2 Å². The first kappa shape index (κ1) is 18.0. The molecule has 1 aromatic heterocycles. The fourth-order valence-electron chi connectivity index (χ4n) is 2.67. The molecule has 5 nitrogen and oxygen atoms in total. The normalized spacial score (nSPS) is 11.0. The van der Waals surface area contributed by atoms with Gasteiger partial charge in [-0.15, -0.1) is 0 Å². The number of para-hydroxylation sites is 1. The molecule has 0 saturated carbocycles. The summed E-state index contributed by atoms with van der Waals surface area (Å²) in [7, 11) is 0. The summed E-state index contributed by atoms with van der Waals surface area (Å²) >= 11 is 0. The average Bonchev–Trinajstić information content (AvgIpc) is 2.94. The lowest BCUT2D eigenvalue weighted by Gasteiger charge is -2.20. The van der Waals surface area contributed by atoms with Crippen LogP contribution in [0.15, 0.2) is 30.5 Å². The van der Waals surface area contributed by atoms with Crippen LogP contribution < -0.4 is 5.32 Å². The third kappa shape index (κ3) is 5.11. The average molecular weight is 329 g/mol. The van der Waals surface area contributed by atoms with Crippen LogP contribution in [-0.4, -0.2) is 41.3 Å². The van der Waals surface area contributed by atoms with Gasteiger partial charge in [0, 0.05) is 37.1 Å². The molecule has 0 aliphatic heterocycles. The Kier molecular flexibility index (Phi) is 6.41. The Bertz CT molecular complexity index is 691. The molecule has 2 amide bonds. The zero-order chi connectivity index (χ0) is 17.5. The molecule has 2 N–H and O–H groups in total. The minimum absolute atomic E-state index is 0.0751. The number of amides is 2. The van der Waals surface area contributed by atoms with Crippen molar-refractivity contribution in [3.8, 4) is 0 Å². The van der Waals surface area contributed by atoms with Crippen LogP contribution in [0.1, 0.15) is 32.8 Å². The highest BCUT2D eigenvalue weighted by atomic mass is 16.2. The number of aromatic nitrogens is 1. The quantitative estimate of drug-likeness (QED) is 0.782. The SMILES string of the molecule is CC(=O)N(CCc1c[nH]c2ccccc12)CC(=O)NCCC(C)C. The van der Waals surface area contributed by atoms with E-state index in [4.69, 9.17) is 0 Å². The van der Waals surface area contributed by atoms with E-state index in [2.05, 4.69) is 30.2 Å². The molecule has 0 radical (unpaired) electrons. The van der Waals surface area contributed by atoms with E-state index in [9.17, 15) is 9.59 Å². The standard InChI is InChI=1S/C19H27N3O2/c1-14(2)8-10-20-19(24)13-22(15(3)23)11-9-16-12-21-18-7-5-4-6-17(16)18/h4-7,12,14,21H,8-11,13H2,1-3H3,(H,20,24). The molecule has 0 aliphatic rings. The number of H-pyrrole nitrogens is 1. The van der Waals surface area contributed by atoms with E-state index >= 15 is 0 Å². The number of hydrogen-bond donors (Lipinski definition) is 2. The number of nitrogens with one attached hydrogen (secondary N) is 2. The van der Waals surface area contributed by atoms with E-state index in [0.29, 0.717) is 19.0 Å². The fraction of sp³-hybridized carbons (Fsp3) is 0.474. The van der Waals surface area contributed by atoms with E-state index in [1.54, 1.807) is 4.90 Å². The minimum Gasteiger partial charge on any atom is -0.361 e. The van der Waals surface area contributed by atoms with Gasteiger partial charge in [0.1, 0.15) is 0 Å². The summed E-state index contributed by atoms with van der Waals surface area (Å²) < 4.78 is 0. The van der Waals surface area contributed by atoms with Crippen molar-refractivity contribution in [2.75, 3.05) is 19.6 Å². The molecule has 0 atom stereocenters. The third-order valence-corrected chi connectivity index (χ3v) is 4.15. The Morgan fingerprint density at radius 1 is 1.25 bits per heavy atom. The summed E-state index contributed by atoms with van der Waals surface area (Å²) in [5.41, 5.74) is 2.25. The lowest BCUT2D eigenvalue weighted by Crippen LogP contribution is -2.41. The molecule has 24 heavy (non-hydrogen) atoms. The first-order valence-corrected chi connectivity index (χ1v) is 8.54. The molecular formula is C19H27N3O2. The van der Waals surface area contributed by atoms with Gasteiger partial charge in [0.2, 0.25) is 11.8 Å². The third-order valence-electron chi connectivity index (χ3n) is 4.15. The Hall–Kier alpha value is -2.30. The first-order chi connectivity index (χ1) is 11.5. The maximum absolute atomic E-state index is 12.0. The number of nitrogens with zero attached hydrogens (tertiary/aromatic N) is 1. The van der Waals surface area contributed by atoms with E-state index < -0.39 is 0 Å². The molecule has 0 unspecified atom stereocenters. The number of carbonyl (C=O) groups excluding carboxylic acids is 2. The van der Waals surface area contributed by atoms with E-state index in [0.717, 1.165) is 23.9 Å². The second kappa shape index (κ2) is 8.52. The van der Waals surface area contributed by atoms with E-state index in [1.165, 1.54) is 12.3 Å². The monoisotopic (exact) mass is 329 g/mol. The van der Waals surface area contributed by atoms with Crippen LogP contribution in [0.2, 0.25) is 0 Å². The Morgan fingerprint density at radius 2 is 2.00 bits per heavy atom. The van der Waals surface area contributed by atoms with Gasteiger partial charge < -0.3 is 15.2 Å². The van der Waals surface area contributed by atoms with Crippen LogP contribution in [0.3, 0.4) is 0 Å². The molecule has 0 fully saturated rings. The number of aromatic amines is 1. The maximum Gasteiger partial charge on any atom is 0.239 e. The van der Waals surface area contributed by atoms with Crippen LogP contribution in [0.4, 0.5) is 0 Å². The number of benzene rings is 1. The highest BCUT2D eigenvalue weighted by molar-refractivity contribution is 5.84. The summed E-state index contributed by atoms with van der Waals surface area (Å²) in [5.74, 6) is 0.384. The molecule has 2 rings (SSSR count). The number of rotatable bonds is 8. The van der Waals surface area contributed by atoms with Gasteiger partial charge in [-0.3, -0.25) is 9.59 Å². The lowest BCUT2D eigenvalue weighted by atomic mass is 10.1. The molecule has 1 aromatic carbocycles. The van der Waals surface area contributed by atoms with Gasteiger partial charge in [-0.2, -0.15) is 0 Å².